The van der Waals surface area contributed by atoms with Crippen LogP contribution in [-0.2, 0) is 76.1 Å². The Labute approximate surface area is 252 Å². The summed E-state index contributed by atoms with van der Waals surface area (Å²) >= 11 is 0. The van der Waals surface area contributed by atoms with Crippen molar-refractivity contribution in [1.29, 1.82) is 0 Å². The summed E-state index contributed by atoms with van der Waals surface area (Å²) in [6.07, 6.45) is -13.8. The number of hydrogen-bond acceptors (Lipinski definition) is 17. The topological polar surface area (TPSA) is 215 Å². The van der Waals surface area contributed by atoms with Gasteiger partial charge in [-0.05, 0) is 0 Å². The highest BCUT2D eigenvalue weighted by atomic mass is 16.8. The van der Waals surface area contributed by atoms with Crippen LogP contribution in [0.4, 0.5) is 0 Å². The molecule has 2 fully saturated rings. The number of aliphatic hydroxyl groups is 1. The van der Waals surface area contributed by atoms with Crippen molar-refractivity contribution in [3.05, 3.63) is 12.7 Å². The lowest BCUT2D eigenvalue weighted by atomic mass is 9.96. The monoisotopic (exact) mass is 634 g/mol. The molecule has 2 saturated heterocycles. The Morgan fingerprint density at radius 1 is 0.614 bits per heavy atom. The minimum Gasteiger partial charge on any atom is -0.463 e. The highest BCUT2D eigenvalue weighted by molar-refractivity contribution is 5.68. The van der Waals surface area contributed by atoms with E-state index in [9.17, 15) is 33.9 Å². The smallest absolute Gasteiger partial charge is 0.303 e. The molecule has 2 rings (SSSR count). The van der Waals surface area contributed by atoms with Gasteiger partial charge in [-0.15, -0.1) is 6.58 Å². The van der Waals surface area contributed by atoms with Gasteiger partial charge in [0, 0.05) is 41.5 Å². The van der Waals surface area contributed by atoms with Crippen molar-refractivity contribution in [3.8, 4) is 0 Å². The minimum atomic E-state index is -1.90. The normalized spacial score (nSPS) is 31.5. The summed E-state index contributed by atoms with van der Waals surface area (Å²) in [5.41, 5.74) is 0. The van der Waals surface area contributed by atoms with Gasteiger partial charge in [0.15, 0.2) is 37.0 Å². The van der Waals surface area contributed by atoms with E-state index in [-0.39, 0.29) is 6.61 Å². The van der Waals surface area contributed by atoms with E-state index in [4.69, 9.17) is 47.4 Å². The van der Waals surface area contributed by atoms with Crippen LogP contribution in [0.5, 0.6) is 0 Å². The highest BCUT2D eigenvalue weighted by Crippen LogP contribution is 2.34. The van der Waals surface area contributed by atoms with Crippen LogP contribution in [0.1, 0.15) is 41.5 Å². The average molecular weight is 635 g/mol. The van der Waals surface area contributed by atoms with Crippen molar-refractivity contribution in [3.63, 3.8) is 0 Å². The predicted molar refractivity (Wildman–Crippen MR) is 140 cm³/mol. The molecule has 0 aromatic rings. The molecule has 0 radical (unpaired) electrons. The minimum absolute atomic E-state index is 0.139. The van der Waals surface area contributed by atoms with Crippen molar-refractivity contribution in [2.24, 2.45) is 0 Å². The van der Waals surface area contributed by atoms with Gasteiger partial charge in [-0.2, -0.15) is 0 Å². The first kappa shape index (κ1) is 36.6. The van der Waals surface area contributed by atoms with E-state index in [1.807, 2.05) is 0 Å². The third-order valence-electron chi connectivity index (χ3n) is 6.01. The molecular formula is C27H38O17. The summed E-state index contributed by atoms with van der Waals surface area (Å²) in [5.74, 6) is -4.78. The molecule has 0 spiro atoms. The number of carbonyl (C=O) groups excluding carboxylic acids is 6. The molecule has 0 aliphatic carbocycles. The summed E-state index contributed by atoms with van der Waals surface area (Å²) in [6.45, 7) is 8.95. The SMILES string of the molecule is C=CCO[C@@H]1[C@@H](OC(C)=O)[C@@H](O[C@@H]2[C@@H](OC(C)=O)[C@@H](O)O[C@H](COC(C)=O)[C@H]2OC(C)=O)O[C@H](COC(C)=O)[C@H]1OC(C)=O. The van der Waals surface area contributed by atoms with Crippen molar-refractivity contribution < 1.29 is 81.2 Å². The van der Waals surface area contributed by atoms with Gasteiger partial charge >= 0.3 is 35.8 Å². The molecule has 1 N–H and O–H groups in total. The molecule has 17 heteroatoms. The fraction of sp³-hybridized carbons (Fsp3) is 0.704. The van der Waals surface area contributed by atoms with Gasteiger partial charge in [-0.3, -0.25) is 28.8 Å². The average Bonchev–Trinajstić information content (AvgIpc) is 2.90. The summed E-state index contributed by atoms with van der Waals surface area (Å²) in [6, 6.07) is 0. The third kappa shape index (κ3) is 10.8. The van der Waals surface area contributed by atoms with Gasteiger partial charge < -0.3 is 52.5 Å². The van der Waals surface area contributed by atoms with Crippen molar-refractivity contribution in [2.45, 2.75) is 103 Å². The number of rotatable bonds is 13. The standard InChI is InChI=1S/C27H38O17/c1-8-9-35-22-20(38-14(4)30)19(11-37-13(3)29)43-27(25(22)41-17(7)33)44-23-21(39-15(5)31)18(10-36-12(2)28)42-26(34)24(23)40-16(6)32/h8,18-27,34H,1,9-11H2,2-7H3/t18-,19-,20-,21-,22+,23+,24-,25-,26+,27-/m1/s1. The van der Waals surface area contributed by atoms with E-state index in [0.717, 1.165) is 41.5 Å². The first-order valence-electron chi connectivity index (χ1n) is 13.5. The second-order valence-corrected chi connectivity index (χ2v) is 9.70. The molecule has 0 aromatic heterocycles. The molecule has 0 saturated carbocycles. The van der Waals surface area contributed by atoms with E-state index in [0.29, 0.717) is 0 Å². The lowest BCUT2D eigenvalue weighted by Gasteiger charge is -2.48. The highest BCUT2D eigenvalue weighted by Gasteiger charge is 2.56. The van der Waals surface area contributed by atoms with E-state index in [1.165, 1.54) is 6.08 Å². The Hall–Kier alpha value is -3.64. The maximum absolute atomic E-state index is 12.2. The Morgan fingerprint density at radius 3 is 1.50 bits per heavy atom. The molecule has 0 aromatic carbocycles. The van der Waals surface area contributed by atoms with Crippen LogP contribution in [0.2, 0.25) is 0 Å². The van der Waals surface area contributed by atoms with E-state index in [2.05, 4.69) is 6.58 Å². The Bertz CT molecular complexity index is 1060. The molecule has 17 nitrogen and oxygen atoms in total. The summed E-state index contributed by atoms with van der Waals surface area (Å²) < 4.78 is 55.1. The van der Waals surface area contributed by atoms with Gasteiger partial charge in [0.2, 0.25) is 0 Å². The second kappa shape index (κ2) is 17.0. The van der Waals surface area contributed by atoms with Gasteiger partial charge in [-0.25, -0.2) is 0 Å². The Balaban J connectivity index is 2.65. The molecular weight excluding hydrogens is 596 g/mol. The quantitative estimate of drug-likeness (QED) is 0.150. The van der Waals surface area contributed by atoms with Crippen LogP contribution < -0.4 is 0 Å². The van der Waals surface area contributed by atoms with Crippen molar-refractivity contribution >= 4 is 35.8 Å². The lowest BCUT2D eigenvalue weighted by Crippen LogP contribution is -2.67. The van der Waals surface area contributed by atoms with Crippen LogP contribution in [0.15, 0.2) is 12.7 Å². The van der Waals surface area contributed by atoms with Crippen LogP contribution in [0.3, 0.4) is 0 Å². The van der Waals surface area contributed by atoms with E-state index >= 15 is 0 Å². The zero-order valence-electron chi connectivity index (χ0n) is 25.2. The van der Waals surface area contributed by atoms with Crippen LogP contribution in [-0.4, -0.2) is 122 Å². The molecule has 44 heavy (non-hydrogen) atoms. The van der Waals surface area contributed by atoms with E-state index in [1.54, 1.807) is 0 Å². The Morgan fingerprint density at radius 2 is 1.05 bits per heavy atom. The number of esters is 6. The van der Waals surface area contributed by atoms with Gasteiger partial charge in [0.25, 0.3) is 0 Å². The summed E-state index contributed by atoms with van der Waals surface area (Å²) in [5, 5.41) is 10.8. The maximum Gasteiger partial charge on any atom is 0.303 e. The first-order valence-corrected chi connectivity index (χ1v) is 13.5. The van der Waals surface area contributed by atoms with Gasteiger partial charge in [0.1, 0.15) is 37.6 Å². The van der Waals surface area contributed by atoms with E-state index < -0.39 is 110 Å². The summed E-state index contributed by atoms with van der Waals surface area (Å²) in [7, 11) is 0. The second-order valence-electron chi connectivity index (χ2n) is 9.70. The molecule has 0 amide bonds. The molecule has 2 aliphatic rings. The largest absolute Gasteiger partial charge is 0.463 e. The maximum atomic E-state index is 12.2. The molecule has 0 unspecified atom stereocenters. The predicted octanol–water partition coefficient (Wildman–Crippen LogP) is -0.762. The van der Waals surface area contributed by atoms with Crippen LogP contribution in [0, 0.1) is 0 Å². The zero-order valence-corrected chi connectivity index (χ0v) is 25.2. The summed E-state index contributed by atoms with van der Waals surface area (Å²) in [4.78, 5) is 71.6. The van der Waals surface area contributed by atoms with Crippen LogP contribution in [0.25, 0.3) is 0 Å². The zero-order chi connectivity index (χ0) is 33.1. The fourth-order valence-corrected chi connectivity index (χ4v) is 4.53. The first-order chi connectivity index (χ1) is 20.6. The van der Waals surface area contributed by atoms with Gasteiger partial charge in [0.05, 0.1) is 6.61 Å². The van der Waals surface area contributed by atoms with Crippen LogP contribution >= 0.6 is 0 Å². The van der Waals surface area contributed by atoms with Gasteiger partial charge in [-0.1, -0.05) is 6.08 Å². The lowest BCUT2D eigenvalue weighted by molar-refractivity contribution is -0.359. The van der Waals surface area contributed by atoms with Crippen molar-refractivity contribution in [1.82, 2.24) is 0 Å². The fourth-order valence-electron chi connectivity index (χ4n) is 4.53. The third-order valence-corrected chi connectivity index (χ3v) is 6.01. The number of aliphatic hydroxyl groups excluding tert-OH is 1. The Kier molecular flexibility index (Phi) is 14.1. The molecule has 2 heterocycles. The molecule has 248 valence electrons. The molecule has 2 aliphatic heterocycles. The van der Waals surface area contributed by atoms with Crippen molar-refractivity contribution in [2.75, 3.05) is 19.8 Å². The number of carbonyl (C=O) groups is 6. The number of hydrogen-bond donors (Lipinski definition) is 1. The molecule has 10 atom stereocenters. The number of ether oxygens (including phenoxy) is 10. The molecule has 0 bridgehead atoms.